The van der Waals surface area contributed by atoms with Crippen molar-refractivity contribution < 1.29 is 24.2 Å². The number of aliphatic hydroxyl groups excluding tert-OH is 1. The van der Waals surface area contributed by atoms with Crippen molar-refractivity contribution >= 4 is 11.9 Å². The van der Waals surface area contributed by atoms with E-state index in [4.69, 9.17) is 9.47 Å². The van der Waals surface area contributed by atoms with Gasteiger partial charge < -0.3 is 30.5 Å². The summed E-state index contributed by atoms with van der Waals surface area (Å²) in [5.74, 6) is 0.696. The Hall–Kier alpha value is -4.54. The number of fused-ring (bicyclic) bond motifs is 1. The molecule has 4 N–H and O–H groups in total. The molecule has 1 aliphatic carbocycles. The Morgan fingerprint density at radius 1 is 0.737 bits per heavy atom. The van der Waals surface area contributed by atoms with E-state index in [-0.39, 0.29) is 48.3 Å². The average Bonchev–Trinajstić information content (AvgIpc) is 3.23. The number of amides is 3. The van der Waals surface area contributed by atoms with Crippen LogP contribution in [0, 0.1) is 11.8 Å². The third-order valence-electron chi connectivity index (χ3n) is 12.0. The zero-order chi connectivity index (χ0) is 39.9. The van der Waals surface area contributed by atoms with Crippen molar-refractivity contribution in [1.29, 1.82) is 0 Å². The van der Waals surface area contributed by atoms with Gasteiger partial charge in [-0.3, -0.25) is 9.69 Å². The average molecular weight is 773 g/mol. The van der Waals surface area contributed by atoms with Gasteiger partial charge in [0.2, 0.25) is 5.91 Å². The van der Waals surface area contributed by atoms with Gasteiger partial charge in [0, 0.05) is 42.7 Å². The van der Waals surface area contributed by atoms with Crippen molar-refractivity contribution in [3.05, 3.63) is 131 Å². The zero-order valence-corrected chi connectivity index (χ0v) is 34.0. The van der Waals surface area contributed by atoms with Crippen LogP contribution in [0.5, 0.6) is 0 Å². The normalized spacial score (nSPS) is 25.2. The largest absolute Gasteiger partial charge is 0.392 e. The lowest BCUT2D eigenvalue weighted by Gasteiger charge is -2.51. The molecule has 9 nitrogen and oxygen atoms in total. The SMILES string of the molecule is C[C@@H]1[C@H](CN2[C@@H](C(=O)NC(C)(C)C)CC[C@H]3CCCC[C@H]32)O[C@H](c2cccc(-c3cccc(CNC(=O)NCc4ccccc4)c3)c2)O[C@@H]1c1ccc(CO)cc1. The molecule has 57 heavy (non-hydrogen) atoms. The summed E-state index contributed by atoms with van der Waals surface area (Å²) in [4.78, 5) is 29.0. The Labute approximate surface area is 338 Å². The molecule has 7 rings (SSSR count). The summed E-state index contributed by atoms with van der Waals surface area (Å²) >= 11 is 0. The molecule has 1 saturated carbocycles. The van der Waals surface area contributed by atoms with Crippen LogP contribution in [0.15, 0.2) is 103 Å². The number of ether oxygens (including phenoxy) is 2. The first-order valence-corrected chi connectivity index (χ1v) is 20.9. The fourth-order valence-corrected chi connectivity index (χ4v) is 9.01. The molecule has 2 aliphatic heterocycles. The second-order valence-electron chi connectivity index (χ2n) is 17.3. The van der Waals surface area contributed by atoms with Crippen LogP contribution in [-0.2, 0) is 34.0 Å². The van der Waals surface area contributed by atoms with Gasteiger partial charge >= 0.3 is 6.03 Å². The molecule has 4 aromatic rings. The van der Waals surface area contributed by atoms with Crippen molar-refractivity contribution in [2.75, 3.05) is 6.54 Å². The number of urea groups is 1. The van der Waals surface area contributed by atoms with E-state index in [1.165, 1.54) is 19.3 Å². The highest BCUT2D eigenvalue weighted by atomic mass is 16.7. The number of rotatable bonds is 11. The summed E-state index contributed by atoms with van der Waals surface area (Å²) in [7, 11) is 0. The Balaban J connectivity index is 1.12. The molecule has 3 amide bonds. The smallest absolute Gasteiger partial charge is 0.315 e. The molecule has 4 aromatic carbocycles. The summed E-state index contributed by atoms with van der Waals surface area (Å²) in [6.07, 6.45) is 5.59. The van der Waals surface area contributed by atoms with Crippen LogP contribution in [0.4, 0.5) is 4.79 Å². The van der Waals surface area contributed by atoms with Gasteiger partial charge in [-0.05, 0) is 97.9 Å². The van der Waals surface area contributed by atoms with Gasteiger partial charge in [0.25, 0.3) is 0 Å². The van der Waals surface area contributed by atoms with E-state index >= 15 is 0 Å². The minimum absolute atomic E-state index is 0.00576. The van der Waals surface area contributed by atoms with Crippen LogP contribution in [0.3, 0.4) is 0 Å². The Bertz CT molecular complexity index is 1950. The number of hydrogen-bond acceptors (Lipinski definition) is 6. The summed E-state index contributed by atoms with van der Waals surface area (Å²) in [5.41, 5.74) is 6.59. The van der Waals surface area contributed by atoms with E-state index in [1.807, 2.05) is 60.7 Å². The van der Waals surface area contributed by atoms with E-state index in [1.54, 1.807) is 0 Å². The fraction of sp³-hybridized carbons (Fsp3) is 0.458. The van der Waals surface area contributed by atoms with Gasteiger partial charge in [-0.25, -0.2) is 4.79 Å². The first-order valence-electron chi connectivity index (χ1n) is 20.9. The number of piperidine rings is 1. The third-order valence-corrected chi connectivity index (χ3v) is 12.0. The number of hydrogen-bond donors (Lipinski definition) is 4. The Morgan fingerprint density at radius 3 is 2.16 bits per heavy atom. The van der Waals surface area contributed by atoms with E-state index in [0.717, 1.165) is 58.2 Å². The second kappa shape index (κ2) is 18.4. The Kier molecular flexibility index (Phi) is 13.1. The number of nitrogens with one attached hydrogen (secondary N) is 3. The summed E-state index contributed by atoms with van der Waals surface area (Å²) in [6, 6.07) is 34.4. The molecule has 2 saturated heterocycles. The van der Waals surface area contributed by atoms with Crippen LogP contribution >= 0.6 is 0 Å². The molecule has 0 unspecified atom stereocenters. The van der Waals surface area contributed by atoms with Crippen LogP contribution < -0.4 is 16.0 Å². The van der Waals surface area contributed by atoms with Gasteiger partial charge in [-0.15, -0.1) is 0 Å². The number of nitrogens with zero attached hydrogens (tertiary/aromatic N) is 1. The lowest BCUT2D eigenvalue weighted by Crippen LogP contribution is -2.61. The van der Waals surface area contributed by atoms with Gasteiger partial charge in [0.15, 0.2) is 6.29 Å². The summed E-state index contributed by atoms with van der Waals surface area (Å²) in [5, 5.41) is 19.0. The lowest BCUT2D eigenvalue weighted by atomic mass is 9.75. The van der Waals surface area contributed by atoms with Gasteiger partial charge in [0.05, 0.1) is 24.9 Å². The quantitative estimate of drug-likeness (QED) is 0.122. The van der Waals surface area contributed by atoms with Crippen molar-refractivity contribution in [2.24, 2.45) is 11.8 Å². The zero-order valence-electron chi connectivity index (χ0n) is 34.0. The van der Waals surface area contributed by atoms with Gasteiger partial charge in [-0.1, -0.05) is 111 Å². The fourth-order valence-electron chi connectivity index (χ4n) is 9.01. The minimum atomic E-state index is -0.638. The topological polar surface area (TPSA) is 112 Å². The molecule has 0 aromatic heterocycles. The number of carbonyl (C=O) groups is 2. The van der Waals surface area contributed by atoms with E-state index in [9.17, 15) is 14.7 Å². The highest BCUT2D eigenvalue weighted by Crippen LogP contribution is 2.45. The molecular weight excluding hydrogens is 713 g/mol. The molecule has 2 heterocycles. The van der Waals surface area contributed by atoms with Crippen LogP contribution in [0.2, 0.25) is 0 Å². The van der Waals surface area contributed by atoms with E-state index in [0.29, 0.717) is 31.6 Å². The standard InChI is InChI=1S/C48H60N4O5/c1-32-43(30-52-41-19-9-8-15-36(41)24-25-42(52)45(54)51-48(2,3)4)56-46(57-44(32)37-22-20-34(31-53)21-23-37)40-18-11-17-39(27-40)38-16-10-14-35(26-38)29-50-47(55)49-28-33-12-6-5-7-13-33/h5-7,10-14,16-18,20-23,26-27,32,36,41-44,46,53H,8-9,15,19,24-25,28-31H2,1-4H3,(H,51,54)(H2,49,50,55)/t32-,36-,41-,42-,43+,44+,46+/m1/s1. The molecule has 3 aliphatic rings. The van der Waals surface area contributed by atoms with E-state index in [2.05, 4.69) is 91.0 Å². The molecule has 302 valence electrons. The predicted octanol–water partition coefficient (Wildman–Crippen LogP) is 8.57. The molecule has 0 bridgehead atoms. The molecule has 0 spiro atoms. The second-order valence-corrected chi connectivity index (χ2v) is 17.3. The van der Waals surface area contributed by atoms with Crippen molar-refractivity contribution in [3.8, 4) is 11.1 Å². The maximum atomic E-state index is 13.9. The highest BCUT2D eigenvalue weighted by molar-refractivity contribution is 5.82. The van der Waals surface area contributed by atoms with Crippen molar-refractivity contribution in [1.82, 2.24) is 20.9 Å². The van der Waals surface area contributed by atoms with Gasteiger partial charge in [-0.2, -0.15) is 0 Å². The molecule has 7 atom stereocenters. The monoisotopic (exact) mass is 772 g/mol. The van der Waals surface area contributed by atoms with Crippen LogP contribution in [-0.4, -0.2) is 52.2 Å². The minimum Gasteiger partial charge on any atom is -0.392 e. The molecular formula is C48H60N4O5. The molecule has 0 radical (unpaired) electrons. The highest BCUT2D eigenvalue weighted by Gasteiger charge is 2.46. The van der Waals surface area contributed by atoms with Gasteiger partial charge in [0.1, 0.15) is 0 Å². The van der Waals surface area contributed by atoms with E-state index < -0.39 is 6.29 Å². The molecule has 3 fully saturated rings. The maximum absolute atomic E-state index is 13.9. The summed E-state index contributed by atoms with van der Waals surface area (Å²) in [6.45, 7) is 9.84. The number of aliphatic hydroxyl groups is 1. The Morgan fingerprint density at radius 2 is 1.42 bits per heavy atom. The maximum Gasteiger partial charge on any atom is 0.315 e. The number of carbonyl (C=O) groups excluding carboxylic acids is 2. The third kappa shape index (κ3) is 10.3. The van der Waals surface area contributed by atoms with Crippen molar-refractivity contribution in [2.45, 2.75) is 122 Å². The van der Waals surface area contributed by atoms with Crippen molar-refractivity contribution in [3.63, 3.8) is 0 Å². The number of likely N-dealkylation sites (tertiary alicyclic amines) is 1. The summed E-state index contributed by atoms with van der Waals surface area (Å²) < 4.78 is 13.9. The first kappa shape index (κ1) is 40.6. The van der Waals surface area contributed by atoms with Crippen LogP contribution in [0.1, 0.15) is 106 Å². The number of benzene rings is 4. The molecule has 9 heteroatoms. The van der Waals surface area contributed by atoms with Crippen LogP contribution in [0.25, 0.3) is 11.1 Å². The predicted molar refractivity (Wildman–Crippen MR) is 224 cm³/mol. The lowest BCUT2D eigenvalue weighted by molar-refractivity contribution is -0.278. The first-order chi connectivity index (χ1) is 27.5.